The molecule has 2 aromatic carbocycles. The number of phenolic OH excluding ortho intramolecular Hbond substituents is 2. The van der Waals surface area contributed by atoms with Crippen LogP contribution < -0.4 is 4.74 Å². The van der Waals surface area contributed by atoms with Crippen molar-refractivity contribution in [2.45, 2.75) is 6.92 Å². The van der Waals surface area contributed by atoms with E-state index in [9.17, 15) is 5.11 Å². The summed E-state index contributed by atoms with van der Waals surface area (Å²) >= 11 is 0. The van der Waals surface area contributed by atoms with Crippen molar-refractivity contribution in [3.63, 3.8) is 0 Å². The third-order valence-electron chi connectivity index (χ3n) is 2.18. The fourth-order valence-corrected chi connectivity index (χ4v) is 1.22. The molecule has 2 N–H and O–H groups in total. The molecule has 0 radical (unpaired) electrons. The van der Waals surface area contributed by atoms with Gasteiger partial charge in [0, 0.05) is 0 Å². The Balaban J connectivity index is 0.000000181. The van der Waals surface area contributed by atoms with Gasteiger partial charge in [-0.25, -0.2) is 0 Å². The summed E-state index contributed by atoms with van der Waals surface area (Å²) in [6.45, 7) is 1.83. The van der Waals surface area contributed by atoms with E-state index in [-0.39, 0.29) is 5.75 Å². The molecule has 0 unspecified atom stereocenters. The summed E-state index contributed by atoms with van der Waals surface area (Å²) in [6, 6.07) is 14.1. The molecule has 3 nitrogen and oxygen atoms in total. The van der Waals surface area contributed by atoms with E-state index in [2.05, 4.69) is 0 Å². The van der Waals surface area contributed by atoms with Gasteiger partial charge >= 0.3 is 0 Å². The maximum absolute atomic E-state index is 9.27. The minimum Gasteiger partial charge on any atom is -0.508 e. The first-order valence-corrected chi connectivity index (χ1v) is 5.21. The van der Waals surface area contributed by atoms with Crippen LogP contribution >= 0.6 is 0 Å². The van der Waals surface area contributed by atoms with Crippen LogP contribution in [0, 0.1) is 6.92 Å². The van der Waals surface area contributed by atoms with E-state index in [1.165, 1.54) is 7.11 Å². The maximum Gasteiger partial charge on any atom is 0.160 e. The molecule has 0 saturated carbocycles. The largest absolute Gasteiger partial charge is 0.508 e. The van der Waals surface area contributed by atoms with Gasteiger partial charge in [-0.1, -0.05) is 30.3 Å². The molecule has 0 aromatic heterocycles. The molecule has 17 heavy (non-hydrogen) atoms. The Hall–Kier alpha value is -2.16. The number of aryl methyl sites for hydroxylation is 1. The maximum atomic E-state index is 9.27. The molecule has 0 spiro atoms. The molecule has 0 atom stereocenters. The second kappa shape index (κ2) is 6.43. The van der Waals surface area contributed by atoms with Crippen molar-refractivity contribution in [2.24, 2.45) is 0 Å². The van der Waals surface area contributed by atoms with Gasteiger partial charge in [-0.2, -0.15) is 0 Å². The normalized spacial score (nSPS) is 9.06. The van der Waals surface area contributed by atoms with Gasteiger partial charge in [0.1, 0.15) is 5.75 Å². The van der Waals surface area contributed by atoms with Crippen LogP contribution in [-0.4, -0.2) is 17.3 Å². The summed E-state index contributed by atoms with van der Waals surface area (Å²) < 4.78 is 4.88. The third kappa shape index (κ3) is 4.07. The van der Waals surface area contributed by atoms with Crippen LogP contribution in [0.15, 0.2) is 48.5 Å². The van der Waals surface area contributed by atoms with Crippen molar-refractivity contribution >= 4 is 0 Å². The van der Waals surface area contributed by atoms with E-state index in [1.807, 2.05) is 25.1 Å². The minimum atomic E-state index is 0.227. The molecule has 0 aliphatic heterocycles. The lowest BCUT2D eigenvalue weighted by atomic mass is 10.2. The first-order chi connectivity index (χ1) is 8.15. The van der Waals surface area contributed by atoms with Gasteiger partial charge in [0.2, 0.25) is 0 Å². The summed E-state index contributed by atoms with van der Waals surface area (Å²) in [6.07, 6.45) is 0. The number of methoxy groups -OCH3 is 1. The summed E-state index contributed by atoms with van der Waals surface area (Å²) in [5, 5.41) is 17.9. The van der Waals surface area contributed by atoms with E-state index >= 15 is 0 Å². The Bertz CT molecular complexity index is 452. The van der Waals surface area contributed by atoms with E-state index in [1.54, 1.807) is 30.3 Å². The van der Waals surface area contributed by atoms with E-state index in [0.717, 1.165) is 5.56 Å². The molecular weight excluding hydrogens is 216 g/mol. The molecule has 0 amide bonds. The zero-order chi connectivity index (χ0) is 12.7. The van der Waals surface area contributed by atoms with Crippen molar-refractivity contribution in [3.05, 3.63) is 54.1 Å². The van der Waals surface area contributed by atoms with Gasteiger partial charge < -0.3 is 14.9 Å². The quantitative estimate of drug-likeness (QED) is 0.794. The van der Waals surface area contributed by atoms with Crippen LogP contribution in [-0.2, 0) is 0 Å². The van der Waals surface area contributed by atoms with Crippen LogP contribution in [0.4, 0.5) is 0 Å². The van der Waals surface area contributed by atoms with Gasteiger partial charge in [0.05, 0.1) is 7.11 Å². The Morgan fingerprint density at radius 1 is 0.882 bits per heavy atom. The van der Waals surface area contributed by atoms with Gasteiger partial charge in [-0.15, -0.1) is 0 Å². The fourth-order valence-electron chi connectivity index (χ4n) is 1.22. The van der Waals surface area contributed by atoms with Crippen LogP contribution in [0.2, 0.25) is 0 Å². The highest BCUT2D eigenvalue weighted by Gasteiger charge is 2.00. The summed E-state index contributed by atoms with van der Waals surface area (Å²) in [4.78, 5) is 0. The molecule has 0 fully saturated rings. The second-order valence-electron chi connectivity index (χ2n) is 3.46. The third-order valence-corrected chi connectivity index (χ3v) is 2.18. The number of para-hydroxylation sites is 2. The lowest BCUT2D eigenvalue weighted by Crippen LogP contribution is -1.84. The molecular formula is C14H16O3. The number of rotatable bonds is 1. The summed E-state index contributed by atoms with van der Waals surface area (Å²) in [5.41, 5.74) is 0.833. The minimum absolute atomic E-state index is 0.227. The van der Waals surface area contributed by atoms with Crippen molar-refractivity contribution in [3.8, 4) is 17.2 Å². The topological polar surface area (TPSA) is 49.7 Å². The predicted molar refractivity (Wildman–Crippen MR) is 67.5 cm³/mol. The zero-order valence-electron chi connectivity index (χ0n) is 9.92. The number of ether oxygens (including phenoxy) is 1. The lowest BCUT2D eigenvalue weighted by Gasteiger charge is -2.03. The monoisotopic (exact) mass is 232 g/mol. The molecule has 0 heterocycles. The Labute approximate surface area is 101 Å². The van der Waals surface area contributed by atoms with E-state index in [0.29, 0.717) is 11.5 Å². The summed E-state index contributed by atoms with van der Waals surface area (Å²) in [5.74, 6) is 1.08. The average molecular weight is 232 g/mol. The zero-order valence-corrected chi connectivity index (χ0v) is 9.92. The standard InChI is InChI=1S/C8H10O2.C6H6O/c1-6-4-3-5-7(10-2)8(6)9;7-6-4-2-1-3-5-6/h3-5,9H,1-2H3;1-5,7H. The average Bonchev–Trinajstić information content (AvgIpc) is 2.34. The van der Waals surface area contributed by atoms with Crippen LogP contribution in [0.25, 0.3) is 0 Å². The van der Waals surface area contributed by atoms with E-state index < -0.39 is 0 Å². The number of benzene rings is 2. The SMILES string of the molecule is COc1cccc(C)c1O.Oc1ccccc1. The number of hydrogen-bond acceptors (Lipinski definition) is 3. The molecule has 3 heteroatoms. The highest BCUT2D eigenvalue weighted by molar-refractivity contribution is 5.44. The predicted octanol–water partition coefficient (Wildman–Crippen LogP) is 3.10. The van der Waals surface area contributed by atoms with Crippen LogP contribution in [0.1, 0.15) is 5.56 Å². The van der Waals surface area contributed by atoms with Crippen LogP contribution in [0.5, 0.6) is 17.2 Å². The van der Waals surface area contributed by atoms with E-state index in [4.69, 9.17) is 9.84 Å². The molecule has 2 aromatic rings. The van der Waals surface area contributed by atoms with Gasteiger partial charge in [-0.05, 0) is 30.7 Å². The van der Waals surface area contributed by atoms with Crippen LogP contribution in [0.3, 0.4) is 0 Å². The van der Waals surface area contributed by atoms with Crippen molar-refractivity contribution < 1.29 is 14.9 Å². The molecule has 0 bridgehead atoms. The van der Waals surface area contributed by atoms with Gasteiger partial charge in [0.25, 0.3) is 0 Å². The molecule has 0 saturated heterocycles. The van der Waals surface area contributed by atoms with Crippen molar-refractivity contribution in [1.29, 1.82) is 0 Å². The van der Waals surface area contributed by atoms with Crippen molar-refractivity contribution in [1.82, 2.24) is 0 Å². The number of hydrogen-bond donors (Lipinski definition) is 2. The lowest BCUT2D eigenvalue weighted by molar-refractivity contribution is 0.372. The van der Waals surface area contributed by atoms with Gasteiger partial charge in [0.15, 0.2) is 11.5 Å². The number of phenols is 2. The Morgan fingerprint density at radius 2 is 1.53 bits per heavy atom. The fraction of sp³-hybridized carbons (Fsp3) is 0.143. The highest BCUT2D eigenvalue weighted by atomic mass is 16.5. The van der Waals surface area contributed by atoms with Gasteiger partial charge in [-0.3, -0.25) is 0 Å². The van der Waals surface area contributed by atoms with Crippen molar-refractivity contribution in [2.75, 3.05) is 7.11 Å². The molecule has 90 valence electrons. The molecule has 2 rings (SSSR count). The molecule has 0 aliphatic rings. The smallest absolute Gasteiger partial charge is 0.160 e. The number of aromatic hydroxyl groups is 2. The first-order valence-electron chi connectivity index (χ1n) is 5.21. The Morgan fingerprint density at radius 3 is 1.94 bits per heavy atom. The Kier molecular flexibility index (Phi) is 4.88. The highest BCUT2D eigenvalue weighted by Crippen LogP contribution is 2.27. The summed E-state index contributed by atoms with van der Waals surface area (Å²) in [7, 11) is 1.54. The molecule has 0 aliphatic carbocycles. The first kappa shape index (κ1) is 12.9. The second-order valence-corrected chi connectivity index (χ2v) is 3.46.